The smallest absolute Gasteiger partial charge is 0.263 e. The van der Waals surface area contributed by atoms with Crippen molar-refractivity contribution in [1.29, 1.82) is 0 Å². The summed E-state index contributed by atoms with van der Waals surface area (Å²) >= 11 is 27.9. The first-order valence-corrected chi connectivity index (χ1v) is 16.5. The lowest BCUT2D eigenvalue weighted by Crippen LogP contribution is -2.56. The van der Waals surface area contributed by atoms with Gasteiger partial charge in [0.25, 0.3) is 23.6 Å². The Morgan fingerprint density at radius 1 is 0.514 bits per heavy atom. The van der Waals surface area contributed by atoms with Crippen LogP contribution in [0.1, 0.15) is 41.4 Å². The zero-order valence-electron chi connectivity index (χ0n) is 18.0. The van der Waals surface area contributed by atoms with Gasteiger partial charge in [-0.05, 0) is 88.0 Å². The first-order valence-electron chi connectivity index (χ1n) is 10.1. The quantitative estimate of drug-likeness (QED) is 0.156. The van der Waals surface area contributed by atoms with E-state index >= 15 is 0 Å². The third-order valence-electron chi connectivity index (χ3n) is 5.60. The van der Waals surface area contributed by atoms with Crippen molar-refractivity contribution in [2.75, 3.05) is 13.2 Å². The van der Waals surface area contributed by atoms with Gasteiger partial charge < -0.3 is 4.74 Å². The molecule has 0 radical (unpaired) electrons. The maximum atomic E-state index is 13.0. The summed E-state index contributed by atoms with van der Waals surface area (Å²) in [5.74, 6) is -1.95. The summed E-state index contributed by atoms with van der Waals surface area (Å²) in [5.41, 5.74) is 1.15. The maximum Gasteiger partial charge on any atom is 0.263 e. The van der Waals surface area contributed by atoms with Crippen molar-refractivity contribution in [3.05, 3.63) is 70.8 Å². The number of alkyl halides is 8. The zero-order chi connectivity index (χ0) is 27.6. The van der Waals surface area contributed by atoms with Crippen molar-refractivity contribution in [3.63, 3.8) is 0 Å². The lowest BCUT2D eigenvalue weighted by molar-refractivity contribution is 0.0559. The van der Waals surface area contributed by atoms with Crippen LogP contribution in [0.25, 0.3) is 0 Å². The number of fused-ring (bicyclic) bond motifs is 2. The molecule has 4 amide bonds. The van der Waals surface area contributed by atoms with E-state index in [1.54, 1.807) is 48.5 Å². The third kappa shape index (κ3) is 5.08. The van der Waals surface area contributed by atoms with Crippen LogP contribution in [0, 0.1) is 0 Å². The number of imide groups is 2. The number of halogens is 8. The van der Waals surface area contributed by atoms with E-state index in [-0.39, 0.29) is 35.5 Å². The molecule has 0 atom stereocenters. The van der Waals surface area contributed by atoms with Crippen LogP contribution in [-0.2, 0) is 4.74 Å². The largest absolute Gasteiger partial charge is 0.376 e. The molecular formula is C22H12Br8N2O5. The average molecular weight is 1020 g/mol. The summed E-state index contributed by atoms with van der Waals surface area (Å²) in [7, 11) is 0. The molecule has 2 heterocycles. The second-order valence-electron chi connectivity index (χ2n) is 7.97. The predicted molar refractivity (Wildman–Crippen MR) is 167 cm³/mol. The van der Waals surface area contributed by atoms with Crippen molar-refractivity contribution in [3.8, 4) is 0 Å². The number of carbonyl (C=O) groups is 4. The summed E-state index contributed by atoms with van der Waals surface area (Å²) in [5, 5.41) is 0. The number of hydrogen-bond donors (Lipinski definition) is 0. The van der Waals surface area contributed by atoms with E-state index in [2.05, 4.69) is 127 Å². The summed E-state index contributed by atoms with van der Waals surface area (Å²) in [4.78, 5) is 54.2. The zero-order valence-corrected chi connectivity index (χ0v) is 30.7. The van der Waals surface area contributed by atoms with Gasteiger partial charge >= 0.3 is 0 Å². The van der Waals surface area contributed by atoms with Crippen molar-refractivity contribution < 1.29 is 23.9 Å². The molecule has 0 saturated carbocycles. The van der Waals surface area contributed by atoms with Gasteiger partial charge in [0.1, 0.15) is 6.47 Å². The molecule has 0 N–H and O–H groups in total. The number of hydrogen-bond acceptors (Lipinski definition) is 5. The molecule has 37 heavy (non-hydrogen) atoms. The molecule has 0 fully saturated rings. The summed E-state index contributed by atoms with van der Waals surface area (Å²) < 4.78 is 0.633. The third-order valence-corrected chi connectivity index (χ3v) is 17.2. The Balaban J connectivity index is 1.48. The Morgan fingerprint density at radius 3 is 1.00 bits per heavy atom. The van der Waals surface area contributed by atoms with Crippen molar-refractivity contribution in [2.45, 2.75) is 13.2 Å². The first kappa shape index (κ1) is 30.5. The van der Waals surface area contributed by atoms with Gasteiger partial charge in [0.05, 0.1) is 35.5 Å². The second kappa shape index (κ2) is 10.7. The molecule has 7 nitrogen and oxygen atoms in total. The van der Waals surface area contributed by atoms with E-state index in [1.165, 1.54) is 0 Å². The van der Waals surface area contributed by atoms with E-state index < -0.39 is 36.8 Å². The fraction of sp³-hybridized carbons (Fsp3) is 0.273. The van der Waals surface area contributed by atoms with Gasteiger partial charge in [-0.3, -0.25) is 19.2 Å². The van der Waals surface area contributed by atoms with Gasteiger partial charge in [-0.25, -0.2) is 9.80 Å². The molecule has 2 aliphatic rings. The van der Waals surface area contributed by atoms with E-state index in [4.69, 9.17) is 4.74 Å². The number of carbonyl (C=O) groups excluding carboxylic acids is 4. The van der Waals surface area contributed by atoms with Crippen LogP contribution in [0.5, 0.6) is 0 Å². The van der Waals surface area contributed by atoms with Crippen LogP contribution in [0.15, 0.2) is 48.5 Å². The van der Waals surface area contributed by atoms with Crippen LogP contribution in [-0.4, -0.2) is 59.8 Å². The molecular weight excluding hydrogens is 1010 g/mol. The van der Waals surface area contributed by atoms with Gasteiger partial charge in [-0.15, -0.1) is 0 Å². The number of ether oxygens (including phenoxy) is 1. The SMILES string of the molecule is O=C1c2ccccc2C(=O)N1C(Br)(Br)C(Br)(Br)COCC(Br)(Br)C(Br)(Br)N1C(=O)c2ccccc2C1=O. The number of amides is 4. The topological polar surface area (TPSA) is 84.0 Å². The van der Waals surface area contributed by atoms with Crippen LogP contribution in [0.2, 0.25) is 0 Å². The molecule has 0 bridgehead atoms. The fourth-order valence-electron chi connectivity index (χ4n) is 3.70. The number of rotatable bonds is 8. The van der Waals surface area contributed by atoms with Gasteiger partial charge in [-0.2, -0.15) is 0 Å². The molecule has 15 heteroatoms. The Hall–Kier alpha value is 0.520. The summed E-state index contributed by atoms with van der Waals surface area (Å²) in [6.45, 7) is -0.206. The van der Waals surface area contributed by atoms with Crippen molar-refractivity contribution in [2.24, 2.45) is 0 Å². The second-order valence-corrected chi connectivity index (χ2v) is 22.2. The van der Waals surface area contributed by atoms with Gasteiger partial charge in [0.15, 0.2) is 6.71 Å². The van der Waals surface area contributed by atoms with Gasteiger partial charge in [0.2, 0.25) is 0 Å². The standard InChI is InChI=1S/C22H12Br8N2O5/c23-19(24,21(27,28)31-15(33)11-5-1-2-6-12(11)16(31)34)9-37-10-20(25,26)22(29,30)32-17(35)13-7-3-4-8-14(13)18(32)36/h1-8H,9-10H2. The minimum atomic E-state index is -1.44. The molecule has 2 aromatic carbocycles. The Bertz CT molecular complexity index is 1160. The van der Waals surface area contributed by atoms with E-state index in [1.807, 2.05) is 0 Å². The first-order chi connectivity index (χ1) is 17.1. The van der Waals surface area contributed by atoms with E-state index in [9.17, 15) is 19.2 Å². The molecule has 2 aliphatic heterocycles. The maximum absolute atomic E-state index is 13.0. The lowest BCUT2D eigenvalue weighted by atomic mass is 10.1. The number of benzene rings is 2. The Labute approximate surface area is 278 Å². The number of nitrogens with zero attached hydrogens (tertiary/aromatic N) is 2. The normalized spacial score (nSPS) is 16.5. The highest BCUT2D eigenvalue weighted by Gasteiger charge is 2.59. The Kier molecular flexibility index (Phi) is 8.84. The van der Waals surface area contributed by atoms with Gasteiger partial charge in [-0.1, -0.05) is 88.0 Å². The van der Waals surface area contributed by atoms with Crippen LogP contribution in [0.4, 0.5) is 0 Å². The molecule has 0 aliphatic carbocycles. The van der Waals surface area contributed by atoms with Crippen LogP contribution in [0.3, 0.4) is 0 Å². The minimum Gasteiger partial charge on any atom is -0.376 e. The highest BCUT2D eigenvalue weighted by molar-refractivity contribution is 9.31. The monoisotopic (exact) mass is 1020 g/mol. The molecule has 196 valence electrons. The fourth-order valence-corrected chi connectivity index (χ4v) is 6.80. The highest BCUT2D eigenvalue weighted by atomic mass is 79.9. The molecule has 0 spiro atoms. The minimum absolute atomic E-state index is 0.103. The summed E-state index contributed by atoms with van der Waals surface area (Å²) in [6, 6.07) is 13.1. The predicted octanol–water partition coefficient (Wildman–Crippen LogP) is 7.45. The van der Waals surface area contributed by atoms with E-state index in [0.29, 0.717) is 0 Å². The van der Waals surface area contributed by atoms with Crippen LogP contribution < -0.4 is 0 Å². The van der Waals surface area contributed by atoms with Gasteiger partial charge in [0, 0.05) is 0 Å². The molecule has 0 unspecified atom stereocenters. The van der Waals surface area contributed by atoms with Crippen LogP contribution >= 0.6 is 127 Å². The molecule has 4 rings (SSSR count). The van der Waals surface area contributed by atoms with Crippen molar-refractivity contribution >= 4 is 151 Å². The van der Waals surface area contributed by atoms with Crippen molar-refractivity contribution in [1.82, 2.24) is 9.80 Å². The average Bonchev–Trinajstić information content (AvgIpc) is 3.24. The highest BCUT2D eigenvalue weighted by Crippen LogP contribution is 2.55. The molecule has 0 aromatic heterocycles. The molecule has 2 aromatic rings. The lowest BCUT2D eigenvalue weighted by Gasteiger charge is -2.42. The Morgan fingerprint density at radius 2 is 0.757 bits per heavy atom. The molecule has 0 saturated heterocycles. The van der Waals surface area contributed by atoms with E-state index in [0.717, 1.165) is 9.80 Å². The summed E-state index contributed by atoms with van der Waals surface area (Å²) in [6.07, 6.45) is 0.